The van der Waals surface area contributed by atoms with E-state index in [-0.39, 0.29) is 0 Å². The molecule has 19 heavy (non-hydrogen) atoms. The summed E-state index contributed by atoms with van der Waals surface area (Å²) in [6.45, 7) is 8.90. The van der Waals surface area contributed by atoms with Crippen molar-refractivity contribution in [1.82, 2.24) is 4.90 Å². The Labute approximate surface area is 118 Å². The Balaban J connectivity index is 1.79. The van der Waals surface area contributed by atoms with Gasteiger partial charge in [-0.15, -0.1) is 0 Å². The zero-order valence-corrected chi connectivity index (χ0v) is 13.0. The Morgan fingerprint density at radius 1 is 1.21 bits per heavy atom. The molecular formula is C16H32N2O. The van der Waals surface area contributed by atoms with Crippen LogP contribution in [0.25, 0.3) is 0 Å². The van der Waals surface area contributed by atoms with Crippen LogP contribution >= 0.6 is 0 Å². The maximum atomic E-state index is 6.49. The van der Waals surface area contributed by atoms with Crippen LogP contribution in [-0.2, 0) is 4.74 Å². The molecule has 1 aliphatic heterocycles. The fourth-order valence-corrected chi connectivity index (χ4v) is 3.88. The molecule has 1 heterocycles. The minimum Gasteiger partial charge on any atom is -0.381 e. The molecule has 0 aromatic carbocycles. The van der Waals surface area contributed by atoms with Crippen LogP contribution < -0.4 is 5.73 Å². The van der Waals surface area contributed by atoms with Crippen molar-refractivity contribution in [2.45, 2.75) is 52.0 Å². The number of ether oxygens (including phenoxy) is 1. The first-order valence-electron chi connectivity index (χ1n) is 8.01. The van der Waals surface area contributed by atoms with Crippen LogP contribution in [0, 0.1) is 17.3 Å². The molecule has 1 aliphatic carbocycles. The van der Waals surface area contributed by atoms with Gasteiger partial charge in [-0.25, -0.2) is 0 Å². The van der Waals surface area contributed by atoms with Gasteiger partial charge in [0.15, 0.2) is 0 Å². The maximum Gasteiger partial charge on any atom is 0.0506 e. The molecule has 3 heteroatoms. The van der Waals surface area contributed by atoms with Crippen LogP contribution in [-0.4, -0.2) is 44.3 Å². The van der Waals surface area contributed by atoms with Crippen LogP contribution in [0.5, 0.6) is 0 Å². The Morgan fingerprint density at radius 2 is 2.00 bits per heavy atom. The highest BCUT2D eigenvalue weighted by molar-refractivity contribution is 4.92. The number of nitrogens with zero attached hydrogens (tertiary/aromatic N) is 1. The first-order valence-corrected chi connectivity index (χ1v) is 8.01. The summed E-state index contributed by atoms with van der Waals surface area (Å²) in [7, 11) is 2.25. The molecule has 2 N–H and O–H groups in total. The largest absolute Gasteiger partial charge is 0.381 e. The highest BCUT2D eigenvalue weighted by atomic mass is 16.5. The number of hydrogen-bond donors (Lipinski definition) is 1. The molecule has 0 spiro atoms. The molecular weight excluding hydrogens is 236 g/mol. The fourth-order valence-electron chi connectivity index (χ4n) is 3.88. The number of rotatable bonds is 4. The van der Waals surface area contributed by atoms with E-state index in [9.17, 15) is 0 Å². The van der Waals surface area contributed by atoms with Crippen molar-refractivity contribution in [1.29, 1.82) is 0 Å². The summed E-state index contributed by atoms with van der Waals surface area (Å²) < 4.78 is 5.58. The molecule has 112 valence electrons. The smallest absolute Gasteiger partial charge is 0.0506 e. The lowest BCUT2D eigenvalue weighted by molar-refractivity contribution is 0.0351. The van der Waals surface area contributed by atoms with E-state index in [1.165, 1.54) is 38.6 Å². The second kappa shape index (κ2) is 6.55. The van der Waals surface area contributed by atoms with Gasteiger partial charge in [-0.2, -0.15) is 0 Å². The molecule has 3 nitrogen and oxygen atoms in total. The normalized spacial score (nSPS) is 35.5. The van der Waals surface area contributed by atoms with E-state index in [0.29, 0.717) is 17.4 Å². The van der Waals surface area contributed by atoms with E-state index in [0.717, 1.165) is 25.7 Å². The van der Waals surface area contributed by atoms with E-state index in [1.54, 1.807) is 0 Å². The summed E-state index contributed by atoms with van der Waals surface area (Å²) in [6, 6.07) is 0.353. The average molecular weight is 268 g/mol. The van der Waals surface area contributed by atoms with Crippen LogP contribution in [0.4, 0.5) is 0 Å². The van der Waals surface area contributed by atoms with Gasteiger partial charge >= 0.3 is 0 Å². The molecule has 1 saturated carbocycles. The molecule has 0 aromatic rings. The highest BCUT2D eigenvalue weighted by Crippen LogP contribution is 2.38. The van der Waals surface area contributed by atoms with Gasteiger partial charge in [0.25, 0.3) is 0 Å². The molecule has 2 fully saturated rings. The van der Waals surface area contributed by atoms with Gasteiger partial charge in [0.2, 0.25) is 0 Å². The third-order valence-electron chi connectivity index (χ3n) is 5.18. The molecule has 0 radical (unpaired) electrons. The predicted octanol–water partition coefficient (Wildman–Crippen LogP) is 2.50. The molecule has 2 aliphatic rings. The standard InChI is InChI=1S/C16H32N2O/c1-16(2)8-4-7-14(15(16)17)11-18(3)10-13-6-5-9-19-12-13/h13-15H,4-12,17H2,1-3H3. The van der Waals surface area contributed by atoms with Gasteiger partial charge in [-0.3, -0.25) is 0 Å². The molecule has 3 atom stereocenters. The molecule has 0 bridgehead atoms. The van der Waals surface area contributed by atoms with E-state index in [4.69, 9.17) is 10.5 Å². The molecule has 1 saturated heterocycles. The van der Waals surface area contributed by atoms with E-state index >= 15 is 0 Å². The molecule has 2 rings (SSSR count). The zero-order chi connectivity index (χ0) is 13.9. The number of hydrogen-bond acceptors (Lipinski definition) is 3. The van der Waals surface area contributed by atoms with Gasteiger partial charge in [0.1, 0.15) is 0 Å². The van der Waals surface area contributed by atoms with Crippen molar-refractivity contribution in [3.63, 3.8) is 0 Å². The summed E-state index contributed by atoms with van der Waals surface area (Å²) in [5.74, 6) is 1.39. The van der Waals surface area contributed by atoms with E-state index in [1.807, 2.05) is 0 Å². The van der Waals surface area contributed by atoms with Gasteiger partial charge in [0.05, 0.1) is 6.61 Å². The lowest BCUT2D eigenvalue weighted by atomic mass is 9.68. The van der Waals surface area contributed by atoms with Crippen LogP contribution in [0.3, 0.4) is 0 Å². The Bertz CT molecular complexity index is 274. The Morgan fingerprint density at radius 3 is 2.68 bits per heavy atom. The van der Waals surface area contributed by atoms with Gasteiger partial charge in [0, 0.05) is 25.7 Å². The van der Waals surface area contributed by atoms with Crippen LogP contribution in [0.15, 0.2) is 0 Å². The fraction of sp³-hybridized carbons (Fsp3) is 1.00. The summed E-state index contributed by atoms with van der Waals surface area (Å²) in [5.41, 5.74) is 6.80. The lowest BCUT2D eigenvalue weighted by Gasteiger charge is -2.43. The summed E-state index contributed by atoms with van der Waals surface area (Å²) >= 11 is 0. The summed E-state index contributed by atoms with van der Waals surface area (Å²) in [4.78, 5) is 2.49. The van der Waals surface area contributed by atoms with Crippen molar-refractivity contribution in [3.05, 3.63) is 0 Å². The summed E-state index contributed by atoms with van der Waals surface area (Å²) in [6.07, 6.45) is 6.48. The highest BCUT2D eigenvalue weighted by Gasteiger charge is 2.36. The Kier molecular flexibility index (Phi) is 5.27. The minimum atomic E-state index is 0.317. The van der Waals surface area contributed by atoms with Gasteiger partial charge < -0.3 is 15.4 Å². The second-order valence-electron chi connectivity index (χ2n) is 7.47. The Hall–Kier alpha value is -0.120. The molecule has 3 unspecified atom stereocenters. The van der Waals surface area contributed by atoms with Crippen LogP contribution in [0.1, 0.15) is 46.0 Å². The quantitative estimate of drug-likeness (QED) is 0.851. The first-order chi connectivity index (χ1) is 8.99. The SMILES string of the molecule is CN(CC1CCCOC1)CC1CCCC(C)(C)C1N. The summed E-state index contributed by atoms with van der Waals surface area (Å²) in [5, 5.41) is 0. The third-order valence-corrected chi connectivity index (χ3v) is 5.18. The first kappa shape index (κ1) is 15.3. The lowest BCUT2D eigenvalue weighted by Crippen LogP contribution is -2.50. The number of nitrogens with two attached hydrogens (primary N) is 1. The van der Waals surface area contributed by atoms with Crippen molar-refractivity contribution in [2.75, 3.05) is 33.4 Å². The van der Waals surface area contributed by atoms with E-state index in [2.05, 4.69) is 25.8 Å². The maximum absolute atomic E-state index is 6.49. The topological polar surface area (TPSA) is 38.5 Å². The zero-order valence-electron chi connectivity index (χ0n) is 13.0. The third kappa shape index (κ3) is 4.17. The minimum absolute atomic E-state index is 0.317. The van der Waals surface area contributed by atoms with Crippen molar-refractivity contribution in [3.8, 4) is 0 Å². The van der Waals surface area contributed by atoms with Crippen molar-refractivity contribution < 1.29 is 4.74 Å². The molecule has 0 aromatic heterocycles. The molecule has 0 amide bonds. The average Bonchev–Trinajstić information content (AvgIpc) is 2.36. The monoisotopic (exact) mass is 268 g/mol. The van der Waals surface area contributed by atoms with Gasteiger partial charge in [-0.1, -0.05) is 20.3 Å². The van der Waals surface area contributed by atoms with Crippen LogP contribution in [0.2, 0.25) is 0 Å². The van der Waals surface area contributed by atoms with Gasteiger partial charge in [-0.05, 0) is 50.0 Å². The predicted molar refractivity (Wildman–Crippen MR) is 80.1 cm³/mol. The van der Waals surface area contributed by atoms with Crippen molar-refractivity contribution >= 4 is 0 Å². The van der Waals surface area contributed by atoms with E-state index < -0.39 is 0 Å². The second-order valence-corrected chi connectivity index (χ2v) is 7.47. The van der Waals surface area contributed by atoms with Crippen molar-refractivity contribution in [2.24, 2.45) is 23.0 Å².